The minimum atomic E-state index is -0.249. The van der Waals surface area contributed by atoms with E-state index < -0.39 is 0 Å². The largest absolute Gasteiger partial charge is 0.379 e. The number of rotatable bonds is 8. The van der Waals surface area contributed by atoms with Crippen molar-refractivity contribution in [2.45, 2.75) is 17.4 Å². The minimum Gasteiger partial charge on any atom is -0.379 e. The van der Waals surface area contributed by atoms with Crippen molar-refractivity contribution in [1.82, 2.24) is 10.2 Å². The average molecular weight is 389 g/mol. The van der Waals surface area contributed by atoms with E-state index in [1.54, 1.807) is 23.9 Å². The van der Waals surface area contributed by atoms with Gasteiger partial charge in [0.1, 0.15) is 5.82 Å². The molecule has 1 atom stereocenters. The molecule has 1 aliphatic heterocycles. The number of benzene rings is 2. The van der Waals surface area contributed by atoms with Crippen molar-refractivity contribution < 1.29 is 13.9 Å². The molecular formula is C21H25FN2O2S. The maximum atomic E-state index is 13.3. The molecule has 1 aliphatic rings. The summed E-state index contributed by atoms with van der Waals surface area (Å²) in [7, 11) is 0. The summed E-state index contributed by atoms with van der Waals surface area (Å²) >= 11 is 1.68. The zero-order valence-electron chi connectivity index (χ0n) is 15.3. The van der Waals surface area contributed by atoms with Gasteiger partial charge in [-0.05, 0) is 29.8 Å². The van der Waals surface area contributed by atoms with E-state index in [2.05, 4.69) is 10.2 Å². The third-order valence-corrected chi connectivity index (χ3v) is 5.59. The lowest BCUT2D eigenvalue weighted by atomic mass is 10.0. The van der Waals surface area contributed by atoms with Gasteiger partial charge in [0, 0.05) is 36.7 Å². The van der Waals surface area contributed by atoms with Gasteiger partial charge in [0.25, 0.3) is 0 Å². The van der Waals surface area contributed by atoms with Crippen LogP contribution in [0.2, 0.25) is 0 Å². The maximum absolute atomic E-state index is 13.3. The van der Waals surface area contributed by atoms with Crippen LogP contribution in [0.5, 0.6) is 0 Å². The van der Waals surface area contributed by atoms with E-state index in [4.69, 9.17) is 4.74 Å². The van der Waals surface area contributed by atoms with Crippen LogP contribution in [-0.2, 0) is 9.53 Å². The quantitative estimate of drug-likeness (QED) is 0.703. The molecule has 3 rings (SSSR count). The van der Waals surface area contributed by atoms with E-state index in [9.17, 15) is 9.18 Å². The first kappa shape index (κ1) is 19.9. The molecule has 0 aliphatic carbocycles. The summed E-state index contributed by atoms with van der Waals surface area (Å²) in [6.45, 7) is 3.49. The fourth-order valence-electron chi connectivity index (χ4n) is 3.11. The monoisotopic (exact) mass is 388 g/mol. The fraction of sp³-hybridized carbons (Fsp3) is 0.381. The Kier molecular flexibility index (Phi) is 7.68. The zero-order chi connectivity index (χ0) is 18.9. The van der Waals surface area contributed by atoms with Gasteiger partial charge in [-0.3, -0.25) is 9.69 Å². The SMILES string of the molecule is O=C(CCSc1ccccc1)NCC(c1ccc(F)cc1)N1CCOCC1. The summed E-state index contributed by atoms with van der Waals surface area (Å²) in [5.74, 6) is 0.537. The van der Waals surface area contributed by atoms with Crippen molar-refractivity contribution in [3.8, 4) is 0 Å². The number of thioether (sulfide) groups is 1. The highest BCUT2D eigenvalue weighted by atomic mass is 32.2. The molecule has 1 unspecified atom stereocenters. The van der Waals surface area contributed by atoms with Crippen LogP contribution in [0.4, 0.5) is 4.39 Å². The molecule has 6 heteroatoms. The third-order valence-electron chi connectivity index (χ3n) is 4.57. The van der Waals surface area contributed by atoms with Gasteiger partial charge in [-0.1, -0.05) is 30.3 Å². The number of ether oxygens (including phenoxy) is 1. The van der Waals surface area contributed by atoms with Crippen molar-refractivity contribution in [2.75, 3.05) is 38.6 Å². The van der Waals surface area contributed by atoms with Gasteiger partial charge < -0.3 is 10.1 Å². The van der Waals surface area contributed by atoms with Crippen LogP contribution in [-0.4, -0.2) is 49.4 Å². The summed E-state index contributed by atoms with van der Waals surface area (Å²) in [6, 6.07) is 16.6. The van der Waals surface area contributed by atoms with Crippen molar-refractivity contribution in [2.24, 2.45) is 0 Å². The van der Waals surface area contributed by atoms with Crippen molar-refractivity contribution in [1.29, 1.82) is 0 Å². The molecule has 0 bridgehead atoms. The number of morpholine rings is 1. The Hall–Kier alpha value is -1.89. The van der Waals surface area contributed by atoms with E-state index in [1.165, 1.54) is 17.0 Å². The van der Waals surface area contributed by atoms with Crippen LogP contribution < -0.4 is 5.32 Å². The Morgan fingerprint density at radius 1 is 1.11 bits per heavy atom. The lowest BCUT2D eigenvalue weighted by Gasteiger charge is -2.35. The Labute approximate surface area is 164 Å². The number of halogens is 1. The van der Waals surface area contributed by atoms with Gasteiger partial charge in [0.15, 0.2) is 0 Å². The molecule has 0 radical (unpaired) electrons. The maximum Gasteiger partial charge on any atom is 0.220 e. The average Bonchev–Trinajstić information content (AvgIpc) is 2.71. The van der Waals surface area contributed by atoms with E-state index in [0.717, 1.165) is 24.4 Å². The number of carbonyl (C=O) groups excluding carboxylic acids is 1. The van der Waals surface area contributed by atoms with Crippen LogP contribution in [0.15, 0.2) is 59.5 Å². The summed E-state index contributed by atoms with van der Waals surface area (Å²) in [6.07, 6.45) is 0.471. The summed E-state index contributed by atoms with van der Waals surface area (Å²) < 4.78 is 18.7. The molecule has 1 fully saturated rings. The Morgan fingerprint density at radius 3 is 2.52 bits per heavy atom. The van der Waals surface area contributed by atoms with E-state index in [-0.39, 0.29) is 17.8 Å². The van der Waals surface area contributed by atoms with Crippen LogP contribution in [0.1, 0.15) is 18.0 Å². The number of carbonyl (C=O) groups is 1. The summed E-state index contributed by atoms with van der Waals surface area (Å²) in [5, 5.41) is 3.05. The topological polar surface area (TPSA) is 41.6 Å². The molecular weight excluding hydrogens is 363 g/mol. The molecule has 2 aromatic carbocycles. The van der Waals surface area contributed by atoms with Gasteiger partial charge in [-0.25, -0.2) is 4.39 Å². The predicted octanol–water partition coefficient (Wildman–Crippen LogP) is 3.50. The summed E-state index contributed by atoms with van der Waals surface area (Å²) in [5.41, 5.74) is 1.01. The van der Waals surface area contributed by atoms with E-state index in [0.29, 0.717) is 26.2 Å². The first-order valence-electron chi connectivity index (χ1n) is 9.24. The number of hydrogen-bond acceptors (Lipinski definition) is 4. The molecule has 144 valence electrons. The summed E-state index contributed by atoms with van der Waals surface area (Å²) in [4.78, 5) is 15.7. The molecule has 2 aromatic rings. The highest BCUT2D eigenvalue weighted by Gasteiger charge is 2.23. The molecule has 0 aromatic heterocycles. The number of hydrogen-bond donors (Lipinski definition) is 1. The van der Waals surface area contributed by atoms with E-state index >= 15 is 0 Å². The first-order chi connectivity index (χ1) is 13.2. The lowest BCUT2D eigenvalue weighted by Crippen LogP contribution is -2.43. The molecule has 1 heterocycles. The van der Waals surface area contributed by atoms with Crippen molar-refractivity contribution >= 4 is 17.7 Å². The fourth-order valence-corrected chi connectivity index (χ4v) is 3.98. The molecule has 1 saturated heterocycles. The second-order valence-electron chi connectivity index (χ2n) is 6.43. The normalized spacial score (nSPS) is 16.0. The second kappa shape index (κ2) is 10.4. The van der Waals surface area contributed by atoms with Gasteiger partial charge in [0.05, 0.1) is 19.3 Å². The predicted molar refractivity (Wildman–Crippen MR) is 106 cm³/mol. The van der Waals surface area contributed by atoms with E-state index in [1.807, 2.05) is 30.3 Å². The zero-order valence-corrected chi connectivity index (χ0v) is 16.1. The van der Waals surface area contributed by atoms with Crippen LogP contribution in [0, 0.1) is 5.82 Å². The lowest BCUT2D eigenvalue weighted by molar-refractivity contribution is -0.121. The molecule has 1 N–H and O–H groups in total. The Bertz CT molecular complexity index is 706. The van der Waals surface area contributed by atoms with Gasteiger partial charge in [0.2, 0.25) is 5.91 Å². The van der Waals surface area contributed by atoms with Gasteiger partial charge >= 0.3 is 0 Å². The van der Waals surface area contributed by atoms with Crippen LogP contribution >= 0.6 is 11.8 Å². The highest BCUT2D eigenvalue weighted by Crippen LogP contribution is 2.22. The molecule has 0 saturated carbocycles. The molecule has 0 spiro atoms. The Balaban J connectivity index is 1.52. The number of nitrogens with zero attached hydrogens (tertiary/aromatic N) is 1. The molecule has 27 heavy (non-hydrogen) atoms. The van der Waals surface area contributed by atoms with Crippen LogP contribution in [0.3, 0.4) is 0 Å². The standard InChI is InChI=1S/C21H25FN2O2S/c22-18-8-6-17(7-9-18)20(24-11-13-26-14-12-24)16-23-21(25)10-15-27-19-4-2-1-3-5-19/h1-9,20H,10-16H2,(H,23,25). The number of amides is 1. The van der Waals surface area contributed by atoms with Crippen molar-refractivity contribution in [3.63, 3.8) is 0 Å². The molecule has 4 nitrogen and oxygen atoms in total. The molecule has 1 amide bonds. The first-order valence-corrected chi connectivity index (χ1v) is 10.2. The second-order valence-corrected chi connectivity index (χ2v) is 7.60. The number of nitrogens with one attached hydrogen (secondary N) is 1. The highest BCUT2D eigenvalue weighted by molar-refractivity contribution is 7.99. The van der Waals surface area contributed by atoms with Crippen molar-refractivity contribution in [3.05, 3.63) is 66.0 Å². The minimum absolute atomic E-state index is 0.0280. The van der Waals surface area contributed by atoms with Gasteiger partial charge in [-0.2, -0.15) is 0 Å². The third kappa shape index (κ3) is 6.34. The van der Waals surface area contributed by atoms with Gasteiger partial charge in [-0.15, -0.1) is 11.8 Å². The smallest absolute Gasteiger partial charge is 0.220 e. The van der Waals surface area contributed by atoms with Crippen LogP contribution in [0.25, 0.3) is 0 Å². The Morgan fingerprint density at radius 2 is 1.81 bits per heavy atom.